The number of rotatable bonds is 2. The Balaban J connectivity index is 2.28. The van der Waals surface area contributed by atoms with Crippen molar-refractivity contribution < 1.29 is 9.90 Å². The minimum absolute atomic E-state index is 0.125. The van der Waals surface area contributed by atoms with Gasteiger partial charge in [0.1, 0.15) is 5.75 Å². The van der Waals surface area contributed by atoms with E-state index < -0.39 is 5.91 Å². The summed E-state index contributed by atoms with van der Waals surface area (Å²) in [6, 6.07) is 9.37. The molecule has 1 amide bonds. The summed E-state index contributed by atoms with van der Waals surface area (Å²) in [5.41, 5.74) is 0.579. The lowest BCUT2D eigenvalue weighted by Crippen LogP contribution is -2.12. The molecule has 0 spiro atoms. The van der Waals surface area contributed by atoms with E-state index in [0.717, 1.165) is 4.47 Å². The number of benzene rings is 2. The van der Waals surface area contributed by atoms with Crippen molar-refractivity contribution in [3.05, 3.63) is 56.5 Å². The molecular weight excluding hydrogens is 353 g/mol. The lowest BCUT2D eigenvalue weighted by Gasteiger charge is -2.09. The first kappa shape index (κ1) is 14.2. The molecule has 0 heterocycles. The Morgan fingerprint density at radius 3 is 2.58 bits per heavy atom. The highest BCUT2D eigenvalue weighted by Crippen LogP contribution is 2.28. The molecule has 0 radical (unpaired) electrons. The maximum Gasteiger partial charge on any atom is 0.259 e. The van der Waals surface area contributed by atoms with Gasteiger partial charge in [-0.2, -0.15) is 0 Å². The zero-order valence-electron chi connectivity index (χ0n) is 9.45. The number of hydrogen-bond donors (Lipinski definition) is 2. The Morgan fingerprint density at radius 1 is 1.16 bits per heavy atom. The number of halogens is 3. The number of carbonyl (C=O) groups excluding carboxylic acids is 1. The molecule has 0 unspecified atom stereocenters. The summed E-state index contributed by atoms with van der Waals surface area (Å²) in [5, 5.41) is 13.1. The molecule has 2 aromatic carbocycles. The number of phenolic OH excluding ortho intramolecular Hbond substituents is 1. The second-order valence-electron chi connectivity index (χ2n) is 3.74. The summed E-state index contributed by atoms with van der Waals surface area (Å²) < 4.78 is 0.785. The maximum absolute atomic E-state index is 12.0. The predicted molar refractivity (Wildman–Crippen MR) is 80.2 cm³/mol. The lowest BCUT2D eigenvalue weighted by molar-refractivity contribution is 0.102. The lowest BCUT2D eigenvalue weighted by atomic mass is 10.2. The highest BCUT2D eigenvalue weighted by atomic mass is 79.9. The maximum atomic E-state index is 12.0. The van der Waals surface area contributed by atoms with Crippen molar-refractivity contribution in [2.75, 3.05) is 5.32 Å². The van der Waals surface area contributed by atoms with Crippen LogP contribution >= 0.6 is 39.1 Å². The summed E-state index contributed by atoms with van der Waals surface area (Å²) in [4.78, 5) is 12.0. The van der Waals surface area contributed by atoms with Crippen LogP contribution in [0.5, 0.6) is 5.75 Å². The van der Waals surface area contributed by atoms with Crippen LogP contribution in [0.25, 0.3) is 0 Å². The number of aromatic hydroxyl groups is 1. The number of phenols is 1. The summed E-state index contributed by atoms with van der Waals surface area (Å²) >= 11 is 15.0. The van der Waals surface area contributed by atoms with Gasteiger partial charge in [0.05, 0.1) is 16.3 Å². The van der Waals surface area contributed by atoms with E-state index in [1.54, 1.807) is 18.2 Å². The van der Waals surface area contributed by atoms with Crippen LogP contribution in [0.3, 0.4) is 0 Å². The molecule has 0 bridgehead atoms. The average molecular weight is 361 g/mol. The second kappa shape index (κ2) is 5.82. The Kier molecular flexibility index (Phi) is 4.34. The van der Waals surface area contributed by atoms with Crippen molar-refractivity contribution in [3.63, 3.8) is 0 Å². The van der Waals surface area contributed by atoms with Gasteiger partial charge in [-0.15, -0.1) is 0 Å². The van der Waals surface area contributed by atoms with Crippen LogP contribution in [-0.2, 0) is 0 Å². The largest absolute Gasteiger partial charge is 0.507 e. The van der Waals surface area contributed by atoms with Crippen LogP contribution in [0, 0.1) is 0 Å². The van der Waals surface area contributed by atoms with Crippen molar-refractivity contribution in [2.45, 2.75) is 0 Å². The first-order valence-electron chi connectivity index (χ1n) is 5.22. The van der Waals surface area contributed by atoms with Crippen molar-refractivity contribution in [1.29, 1.82) is 0 Å². The third-order valence-electron chi connectivity index (χ3n) is 2.38. The molecule has 2 N–H and O–H groups in total. The van der Waals surface area contributed by atoms with Crippen LogP contribution in [0.15, 0.2) is 40.9 Å². The Morgan fingerprint density at radius 2 is 1.89 bits per heavy atom. The molecule has 0 aliphatic rings. The van der Waals surface area contributed by atoms with Gasteiger partial charge in [-0.05, 0) is 36.4 Å². The van der Waals surface area contributed by atoms with Crippen LogP contribution in [-0.4, -0.2) is 11.0 Å². The Hall–Kier alpha value is -1.23. The highest BCUT2D eigenvalue weighted by Gasteiger charge is 2.13. The van der Waals surface area contributed by atoms with E-state index in [0.29, 0.717) is 15.7 Å². The van der Waals surface area contributed by atoms with Crippen LogP contribution in [0.2, 0.25) is 10.0 Å². The van der Waals surface area contributed by atoms with Crippen molar-refractivity contribution >= 4 is 50.7 Å². The van der Waals surface area contributed by atoms with Crippen molar-refractivity contribution in [1.82, 2.24) is 0 Å². The smallest absolute Gasteiger partial charge is 0.259 e. The van der Waals surface area contributed by atoms with E-state index in [9.17, 15) is 9.90 Å². The zero-order chi connectivity index (χ0) is 14.0. The number of amides is 1. The van der Waals surface area contributed by atoms with E-state index in [4.69, 9.17) is 23.2 Å². The summed E-state index contributed by atoms with van der Waals surface area (Å²) in [5.74, 6) is -0.648. The molecule has 0 saturated carbocycles. The molecule has 0 saturated heterocycles. The minimum atomic E-state index is -0.464. The van der Waals surface area contributed by atoms with Crippen molar-refractivity contribution in [2.24, 2.45) is 0 Å². The third kappa shape index (κ3) is 3.41. The van der Waals surface area contributed by atoms with Crippen LogP contribution in [0.4, 0.5) is 5.69 Å². The molecule has 6 heteroatoms. The third-order valence-corrected chi connectivity index (χ3v) is 3.44. The molecule has 0 fully saturated rings. The normalized spacial score (nSPS) is 10.3. The Bertz CT molecular complexity index is 647. The van der Waals surface area contributed by atoms with Gasteiger partial charge in [0.2, 0.25) is 0 Å². The molecule has 98 valence electrons. The quantitative estimate of drug-likeness (QED) is 0.814. The van der Waals surface area contributed by atoms with Crippen LogP contribution < -0.4 is 5.32 Å². The van der Waals surface area contributed by atoms with Crippen LogP contribution in [0.1, 0.15) is 10.4 Å². The number of hydrogen-bond acceptors (Lipinski definition) is 2. The van der Waals surface area contributed by atoms with Gasteiger partial charge in [0.25, 0.3) is 5.91 Å². The van der Waals surface area contributed by atoms with Crippen molar-refractivity contribution in [3.8, 4) is 5.75 Å². The van der Waals surface area contributed by atoms with E-state index in [1.165, 1.54) is 18.2 Å². The van der Waals surface area contributed by atoms with Gasteiger partial charge in [0, 0.05) is 9.50 Å². The second-order valence-corrected chi connectivity index (χ2v) is 5.50. The fourth-order valence-corrected chi connectivity index (χ4v) is 2.17. The first-order valence-corrected chi connectivity index (χ1v) is 6.77. The van der Waals surface area contributed by atoms with Gasteiger partial charge in [-0.1, -0.05) is 39.1 Å². The minimum Gasteiger partial charge on any atom is -0.507 e. The standard InChI is InChI=1S/C13H8BrCl2NO2/c14-7-1-4-10(16)11(5-7)17-13(19)9-3-2-8(15)6-12(9)18/h1-6,18H,(H,17,19). The molecule has 19 heavy (non-hydrogen) atoms. The number of nitrogens with one attached hydrogen (secondary N) is 1. The fourth-order valence-electron chi connectivity index (χ4n) is 1.48. The van der Waals surface area contributed by atoms with Gasteiger partial charge in [0.15, 0.2) is 0 Å². The molecular formula is C13H8BrCl2NO2. The number of carbonyl (C=O) groups is 1. The molecule has 2 rings (SSSR count). The van der Waals surface area contributed by atoms with E-state index in [2.05, 4.69) is 21.2 Å². The zero-order valence-corrected chi connectivity index (χ0v) is 12.6. The summed E-state index contributed by atoms with van der Waals surface area (Å²) in [6.07, 6.45) is 0. The molecule has 0 aromatic heterocycles. The molecule has 0 aliphatic carbocycles. The van der Waals surface area contributed by atoms with Gasteiger partial charge in [-0.25, -0.2) is 0 Å². The topological polar surface area (TPSA) is 49.3 Å². The highest BCUT2D eigenvalue weighted by molar-refractivity contribution is 9.10. The van der Waals surface area contributed by atoms with E-state index in [1.807, 2.05) is 0 Å². The van der Waals surface area contributed by atoms with E-state index >= 15 is 0 Å². The predicted octanol–water partition coefficient (Wildman–Crippen LogP) is 4.71. The van der Waals surface area contributed by atoms with Gasteiger partial charge < -0.3 is 10.4 Å². The average Bonchev–Trinajstić information content (AvgIpc) is 2.33. The molecule has 0 atom stereocenters. The van der Waals surface area contributed by atoms with Gasteiger partial charge >= 0.3 is 0 Å². The Labute approximate surface area is 128 Å². The monoisotopic (exact) mass is 359 g/mol. The summed E-state index contributed by atoms with van der Waals surface area (Å²) in [6.45, 7) is 0. The van der Waals surface area contributed by atoms with E-state index in [-0.39, 0.29) is 11.3 Å². The first-order chi connectivity index (χ1) is 8.97. The fraction of sp³-hybridized carbons (Fsp3) is 0. The van der Waals surface area contributed by atoms with Gasteiger partial charge in [-0.3, -0.25) is 4.79 Å². The number of anilines is 1. The SMILES string of the molecule is O=C(Nc1cc(Br)ccc1Cl)c1ccc(Cl)cc1O. The molecule has 2 aromatic rings. The molecule has 3 nitrogen and oxygen atoms in total. The summed E-state index contributed by atoms with van der Waals surface area (Å²) in [7, 11) is 0. The molecule has 0 aliphatic heterocycles.